The topological polar surface area (TPSA) is 47.3 Å². The number of hydrazine groups is 1. The lowest BCUT2D eigenvalue weighted by molar-refractivity contribution is 0.403. The Hall–Kier alpha value is -0.420. The number of ether oxygens (including phenoxy) is 1. The highest BCUT2D eigenvalue weighted by Crippen LogP contribution is 2.29. The minimum atomic E-state index is 0.0543. The number of hydrogen-bond donors (Lipinski definition) is 2. The van der Waals surface area contributed by atoms with Crippen LogP contribution >= 0.6 is 23.4 Å². The van der Waals surface area contributed by atoms with Crippen molar-refractivity contribution >= 4 is 23.4 Å². The summed E-state index contributed by atoms with van der Waals surface area (Å²) in [5.74, 6) is 8.32. The van der Waals surface area contributed by atoms with E-state index in [0.717, 1.165) is 22.8 Å². The molecule has 3 N–H and O–H groups in total. The van der Waals surface area contributed by atoms with Gasteiger partial charge >= 0.3 is 0 Å². The van der Waals surface area contributed by atoms with Gasteiger partial charge in [0.05, 0.1) is 13.2 Å². The van der Waals surface area contributed by atoms with Crippen LogP contribution in [0.4, 0.5) is 0 Å². The van der Waals surface area contributed by atoms with Crippen LogP contribution in [0.1, 0.15) is 18.5 Å². The molecule has 0 saturated heterocycles. The van der Waals surface area contributed by atoms with E-state index < -0.39 is 0 Å². The van der Waals surface area contributed by atoms with Crippen molar-refractivity contribution in [2.24, 2.45) is 5.84 Å². The molecule has 0 aliphatic carbocycles. The average molecular weight is 261 g/mol. The van der Waals surface area contributed by atoms with Crippen LogP contribution in [0.15, 0.2) is 18.2 Å². The van der Waals surface area contributed by atoms with E-state index in [1.807, 2.05) is 30.0 Å². The molecule has 0 amide bonds. The molecule has 0 radical (unpaired) electrons. The molecule has 3 nitrogen and oxygen atoms in total. The van der Waals surface area contributed by atoms with Gasteiger partial charge in [-0.2, -0.15) is 11.8 Å². The minimum Gasteiger partial charge on any atom is -0.496 e. The van der Waals surface area contributed by atoms with E-state index in [9.17, 15) is 0 Å². The molecule has 0 spiro atoms. The van der Waals surface area contributed by atoms with E-state index in [1.54, 1.807) is 7.11 Å². The van der Waals surface area contributed by atoms with Crippen molar-refractivity contribution in [2.75, 3.05) is 18.6 Å². The summed E-state index contributed by atoms with van der Waals surface area (Å²) in [6, 6.07) is 5.61. The van der Waals surface area contributed by atoms with Gasteiger partial charge in [0.25, 0.3) is 0 Å². The number of benzene rings is 1. The molecule has 0 saturated carbocycles. The summed E-state index contributed by atoms with van der Waals surface area (Å²) in [4.78, 5) is 0. The Kier molecular flexibility index (Phi) is 5.98. The van der Waals surface area contributed by atoms with Gasteiger partial charge in [-0.05, 0) is 24.0 Å². The normalized spacial score (nSPS) is 12.5. The van der Waals surface area contributed by atoms with Crippen LogP contribution in [0.25, 0.3) is 0 Å². The highest BCUT2D eigenvalue weighted by Gasteiger charge is 2.14. The molecule has 1 unspecified atom stereocenters. The summed E-state index contributed by atoms with van der Waals surface area (Å²) in [5.41, 5.74) is 3.79. The molecule has 0 aliphatic rings. The Morgan fingerprint density at radius 2 is 2.31 bits per heavy atom. The first-order valence-electron chi connectivity index (χ1n) is 5.10. The first-order chi connectivity index (χ1) is 7.72. The zero-order valence-electron chi connectivity index (χ0n) is 9.50. The van der Waals surface area contributed by atoms with E-state index in [4.69, 9.17) is 22.2 Å². The second-order valence-electron chi connectivity index (χ2n) is 3.26. The molecule has 5 heteroatoms. The van der Waals surface area contributed by atoms with E-state index in [1.165, 1.54) is 0 Å². The quantitative estimate of drug-likeness (QED) is 0.610. The first kappa shape index (κ1) is 13.6. The predicted octanol–water partition coefficient (Wildman–Crippen LogP) is 2.61. The Morgan fingerprint density at radius 3 is 2.88 bits per heavy atom. The lowest BCUT2D eigenvalue weighted by Gasteiger charge is -2.18. The highest BCUT2D eigenvalue weighted by molar-refractivity contribution is 7.99. The third kappa shape index (κ3) is 3.56. The van der Waals surface area contributed by atoms with Gasteiger partial charge in [-0.1, -0.05) is 18.5 Å². The van der Waals surface area contributed by atoms with Crippen molar-refractivity contribution in [1.82, 2.24) is 5.43 Å². The number of nitrogens with two attached hydrogens (primary N) is 1. The molecule has 0 heterocycles. The van der Waals surface area contributed by atoms with E-state index in [0.29, 0.717) is 5.02 Å². The molecule has 0 bridgehead atoms. The number of nitrogens with one attached hydrogen (secondary N) is 1. The van der Waals surface area contributed by atoms with Gasteiger partial charge in [0.2, 0.25) is 0 Å². The van der Waals surface area contributed by atoms with Gasteiger partial charge in [-0.15, -0.1) is 0 Å². The molecule has 1 atom stereocenters. The highest BCUT2D eigenvalue weighted by atomic mass is 35.5. The summed E-state index contributed by atoms with van der Waals surface area (Å²) in [5, 5.41) is 0.692. The van der Waals surface area contributed by atoms with Crippen molar-refractivity contribution in [3.8, 4) is 5.75 Å². The number of hydrogen-bond acceptors (Lipinski definition) is 4. The molecule has 1 aromatic rings. The summed E-state index contributed by atoms with van der Waals surface area (Å²) in [7, 11) is 1.65. The van der Waals surface area contributed by atoms with Crippen molar-refractivity contribution < 1.29 is 4.74 Å². The summed E-state index contributed by atoms with van der Waals surface area (Å²) in [6.07, 6.45) is 0. The van der Waals surface area contributed by atoms with Crippen LogP contribution in [0.2, 0.25) is 5.02 Å². The minimum absolute atomic E-state index is 0.0543. The van der Waals surface area contributed by atoms with Gasteiger partial charge < -0.3 is 4.74 Å². The maximum Gasteiger partial charge on any atom is 0.123 e. The maximum atomic E-state index is 5.98. The molecular weight excluding hydrogens is 244 g/mol. The van der Waals surface area contributed by atoms with Crippen molar-refractivity contribution in [2.45, 2.75) is 13.0 Å². The van der Waals surface area contributed by atoms with Crippen LogP contribution < -0.4 is 16.0 Å². The molecule has 1 rings (SSSR count). The smallest absolute Gasteiger partial charge is 0.123 e. The van der Waals surface area contributed by atoms with Crippen LogP contribution in [0.3, 0.4) is 0 Å². The van der Waals surface area contributed by atoms with Crippen LogP contribution in [-0.2, 0) is 0 Å². The zero-order valence-corrected chi connectivity index (χ0v) is 11.1. The Bertz CT molecular complexity index is 336. The zero-order chi connectivity index (χ0) is 12.0. The Labute approximate surface area is 106 Å². The fourth-order valence-corrected chi connectivity index (χ4v) is 2.37. The van der Waals surface area contributed by atoms with Crippen LogP contribution in [0, 0.1) is 0 Å². The second-order valence-corrected chi connectivity index (χ2v) is 5.02. The van der Waals surface area contributed by atoms with Gasteiger partial charge in [-0.25, -0.2) is 0 Å². The fourth-order valence-electron chi connectivity index (χ4n) is 1.44. The van der Waals surface area contributed by atoms with E-state index >= 15 is 0 Å². The number of methoxy groups -OCH3 is 1. The van der Waals surface area contributed by atoms with Gasteiger partial charge in [0.15, 0.2) is 0 Å². The summed E-state index contributed by atoms with van der Waals surface area (Å²) >= 11 is 7.80. The van der Waals surface area contributed by atoms with Crippen LogP contribution in [-0.4, -0.2) is 18.6 Å². The summed E-state index contributed by atoms with van der Waals surface area (Å²) in [6.45, 7) is 2.12. The number of thioether (sulfide) groups is 1. The predicted molar refractivity (Wildman–Crippen MR) is 71.1 cm³/mol. The Balaban J connectivity index is 2.92. The third-order valence-electron chi connectivity index (χ3n) is 2.26. The molecule has 0 aliphatic heterocycles. The van der Waals surface area contributed by atoms with Gasteiger partial charge in [0, 0.05) is 16.3 Å². The lowest BCUT2D eigenvalue weighted by atomic mass is 10.1. The SMILES string of the molecule is CCSCC(NN)c1cc(Cl)ccc1OC. The van der Waals surface area contributed by atoms with Crippen molar-refractivity contribution in [1.29, 1.82) is 0 Å². The van der Waals surface area contributed by atoms with E-state index in [2.05, 4.69) is 12.3 Å². The molecule has 0 fully saturated rings. The van der Waals surface area contributed by atoms with Crippen molar-refractivity contribution in [3.05, 3.63) is 28.8 Å². The van der Waals surface area contributed by atoms with Gasteiger partial charge in [-0.3, -0.25) is 11.3 Å². The number of halogens is 1. The Morgan fingerprint density at radius 1 is 1.56 bits per heavy atom. The van der Waals surface area contributed by atoms with Crippen LogP contribution in [0.5, 0.6) is 5.75 Å². The lowest BCUT2D eigenvalue weighted by Crippen LogP contribution is -2.30. The van der Waals surface area contributed by atoms with E-state index in [-0.39, 0.29) is 6.04 Å². The first-order valence-corrected chi connectivity index (χ1v) is 6.63. The monoisotopic (exact) mass is 260 g/mol. The fraction of sp³-hybridized carbons (Fsp3) is 0.455. The third-order valence-corrected chi connectivity index (χ3v) is 3.47. The van der Waals surface area contributed by atoms with Crippen molar-refractivity contribution in [3.63, 3.8) is 0 Å². The standard InChI is InChI=1S/C11H17ClN2OS/c1-3-16-7-10(14-13)9-6-8(12)4-5-11(9)15-2/h4-6,10,14H,3,7,13H2,1-2H3. The number of rotatable bonds is 6. The molecule has 16 heavy (non-hydrogen) atoms. The average Bonchev–Trinajstić information content (AvgIpc) is 2.30. The molecular formula is C11H17ClN2OS. The molecule has 90 valence electrons. The summed E-state index contributed by atoms with van der Waals surface area (Å²) < 4.78 is 5.30. The largest absolute Gasteiger partial charge is 0.496 e. The van der Waals surface area contributed by atoms with Gasteiger partial charge in [0.1, 0.15) is 5.75 Å². The molecule has 0 aromatic heterocycles. The second kappa shape index (κ2) is 7.01. The molecule has 1 aromatic carbocycles. The maximum absolute atomic E-state index is 5.98.